The molecule has 3 nitrogen and oxygen atoms in total. The number of benzene rings is 1. The van der Waals surface area contributed by atoms with Gasteiger partial charge in [0.1, 0.15) is 0 Å². The first kappa shape index (κ1) is 15.6. The van der Waals surface area contributed by atoms with Crippen molar-refractivity contribution in [2.24, 2.45) is 5.41 Å². The quantitative estimate of drug-likeness (QED) is 0.836. The summed E-state index contributed by atoms with van der Waals surface area (Å²) in [6, 6.07) is 5.68. The molecule has 1 aliphatic rings. The molecule has 1 saturated carbocycles. The summed E-state index contributed by atoms with van der Waals surface area (Å²) in [5, 5.41) is 11.8. The lowest BCUT2D eigenvalue weighted by atomic mass is 9.70. The summed E-state index contributed by atoms with van der Waals surface area (Å²) in [6.07, 6.45) is 4.05. The Morgan fingerprint density at radius 3 is 2.81 bits per heavy atom. The molecule has 1 fully saturated rings. The first-order valence-electron chi connectivity index (χ1n) is 7.53. The summed E-state index contributed by atoms with van der Waals surface area (Å²) >= 11 is 0. The van der Waals surface area contributed by atoms with Gasteiger partial charge in [-0.2, -0.15) is 0 Å². The van der Waals surface area contributed by atoms with Gasteiger partial charge >= 0.3 is 0 Å². The van der Waals surface area contributed by atoms with E-state index in [-0.39, 0.29) is 17.9 Å². The number of rotatable bonds is 4. The minimum atomic E-state index is -0.0589. The van der Waals surface area contributed by atoms with Crippen LogP contribution in [-0.2, 0) is 0 Å². The van der Waals surface area contributed by atoms with Crippen molar-refractivity contribution in [3.05, 3.63) is 34.9 Å². The molecule has 1 amide bonds. The maximum atomic E-state index is 12.4. The van der Waals surface area contributed by atoms with Gasteiger partial charge in [0, 0.05) is 18.5 Å². The molecule has 112 valence electrons. The molecule has 0 aromatic heterocycles. The Hall–Kier alpha value is -1.79. The van der Waals surface area contributed by atoms with Crippen LogP contribution in [0.3, 0.4) is 0 Å². The van der Waals surface area contributed by atoms with E-state index in [0.717, 1.165) is 17.7 Å². The fraction of sp³-hybridized carbons (Fsp3) is 0.500. The van der Waals surface area contributed by atoms with Crippen LogP contribution in [0.1, 0.15) is 54.1 Å². The Kier molecular flexibility index (Phi) is 5.03. The SMILES string of the molecule is Cc1ccc(C(=O)NCC2(C)CCC2)c(C#CCCO)c1. The highest BCUT2D eigenvalue weighted by Crippen LogP contribution is 2.39. The van der Waals surface area contributed by atoms with Crippen LogP contribution in [0.2, 0.25) is 0 Å². The van der Waals surface area contributed by atoms with E-state index in [1.54, 1.807) is 0 Å². The standard InChI is InChI=1S/C18H23NO2/c1-14-7-8-16(15(12-14)6-3-4-11-20)17(21)19-13-18(2)9-5-10-18/h7-8,12,20H,4-5,9-11,13H2,1-2H3,(H,19,21). The van der Waals surface area contributed by atoms with Crippen molar-refractivity contribution < 1.29 is 9.90 Å². The van der Waals surface area contributed by atoms with E-state index in [1.807, 2.05) is 25.1 Å². The maximum absolute atomic E-state index is 12.4. The van der Waals surface area contributed by atoms with E-state index in [2.05, 4.69) is 24.1 Å². The van der Waals surface area contributed by atoms with E-state index >= 15 is 0 Å². The summed E-state index contributed by atoms with van der Waals surface area (Å²) in [7, 11) is 0. The van der Waals surface area contributed by atoms with Crippen molar-refractivity contribution in [3.63, 3.8) is 0 Å². The molecule has 0 spiro atoms. The molecule has 0 unspecified atom stereocenters. The predicted octanol–water partition coefficient (Wildman–Crippen LogP) is 2.65. The van der Waals surface area contributed by atoms with E-state index in [9.17, 15) is 4.79 Å². The minimum absolute atomic E-state index is 0.0404. The number of aliphatic hydroxyl groups is 1. The molecule has 1 aliphatic carbocycles. The lowest BCUT2D eigenvalue weighted by molar-refractivity contribution is 0.0890. The summed E-state index contributed by atoms with van der Waals surface area (Å²) < 4.78 is 0. The monoisotopic (exact) mass is 285 g/mol. The molecule has 0 radical (unpaired) electrons. The van der Waals surface area contributed by atoms with Crippen molar-refractivity contribution in [2.45, 2.75) is 39.5 Å². The predicted molar refractivity (Wildman–Crippen MR) is 84.1 cm³/mol. The molecule has 2 rings (SSSR count). The van der Waals surface area contributed by atoms with Crippen molar-refractivity contribution >= 4 is 5.91 Å². The van der Waals surface area contributed by atoms with Gasteiger partial charge < -0.3 is 10.4 Å². The molecule has 21 heavy (non-hydrogen) atoms. The molecule has 1 aromatic rings. The van der Waals surface area contributed by atoms with E-state index < -0.39 is 0 Å². The minimum Gasteiger partial charge on any atom is -0.395 e. The average Bonchev–Trinajstić information content (AvgIpc) is 2.43. The second kappa shape index (κ2) is 6.78. The molecule has 1 aromatic carbocycles. The van der Waals surface area contributed by atoms with E-state index in [4.69, 9.17) is 5.11 Å². The molecule has 0 aliphatic heterocycles. The number of aryl methyl sites for hydroxylation is 1. The molecule has 0 bridgehead atoms. The Morgan fingerprint density at radius 2 is 2.19 bits per heavy atom. The Morgan fingerprint density at radius 1 is 1.43 bits per heavy atom. The summed E-state index contributed by atoms with van der Waals surface area (Å²) in [5.41, 5.74) is 2.70. The third kappa shape index (κ3) is 4.09. The lowest BCUT2D eigenvalue weighted by Gasteiger charge is -2.38. The Labute approximate surface area is 126 Å². The first-order valence-corrected chi connectivity index (χ1v) is 7.53. The Bertz CT molecular complexity index is 577. The van der Waals surface area contributed by atoms with Gasteiger partial charge in [-0.3, -0.25) is 4.79 Å². The van der Waals surface area contributed by atoms with E-state index in [1.165, 1.54) is 19.3 Å². The third-order valence-electron chi connectivity index (χ3n) is 4.12. The molecule has 0 saturated heterocycles. The largest absolute Gasteiger partial charge is 0.395 e. The highest BCUT2D eigenvalue weighted by molar-refractivity contribution is 5.96. The second-order valence-electron chi connectivity index (χ2n) is 6.17. The van der Waals surface area contributed by atoms with Gasteiger partial charge in [0.25, 0.3) is 5.91 Å². The number of hydrogen-bond donors (Lipinski definition) is 2. The van der Waals surface area contributed by atoms with Gasteiger partial charge in [0.2, 0.25) is 0 Å². The summed E-state index contributed by atoms with van der Waals surface area (Å²) in [6.45, 7) is 4.96. The van der Waals surface area contributed by atoms with Gasteiger partial charge in [-0.1, -0.05) is 31.3 Å². The van der Waals surface area contributed by atoms with Crippen LogP contribution in [0.4, 0.5) is 0 Å². The number of nitrogens with one attached hydrogen (secondary N) is 1. The average molecular weight is 285 g/mol. The molecular weight excluding hydrogens is 262 g/mol. The zero-order valence-corrected chi connectivity index (χ0v) is 12.8. The van der Waals surface area contributed by atoms with Crippen LogP contribution >= 0.6 is 0 Å². The lowest BCUT2D eigenvalue weighted by Crippen LogP contribution is -2.40. The normalized spacial score (nSPS) is 15.6. The molecule has 0 atom stereocenters. The van der Waals surface area contributed by atoms with Crippen LogP contribution in [0.25, 0.3) is 0 Å². The summed E-state index contributed by atoms with van der Waals surface area (Å²) in [5.74, 6) is 5.82. The van der Waals surface area contributed by atoms with Gasteiger partial charge in [-0.15, -0.1) is 0 Å². The summed E-state index contributed by atoms with van der Waals surface area (Å²) in [4.78, 5) is 12.4. The third-order valence-corrected chi connectivity index (χ3v) is 4.12. The van der Waals surface area contributed by atoms with E-state index in [0.29, 0.717) is 12.0 Å². The molecular formula is C18H23NO2. The number of carbonyl (C=O) groups is 1. The topological polar surface area (TPSA) is 49.3 Å². The highest BCUT2D eigenvalue weighted by atomic mass is 16.2. The maximum Gasteiger partial charge on any atom is 0.252 e. The van der Waals surface area contributed by atoms with Crippen LogP contribution in [0.15, 0.2) is 18.2 Å². The number of carbonyl (C=O) groups excluding carboxylic acids is 1. The van der Waals surface area contributed by atoms with Crippen LogP contribution in [0.5, 0.6) is 0 Å². The number of aliphatic hydroxyl groups excluding tert-OH is 1. The van der Waals surface area contributed by atoms with Gasteiger partial charge in [0.15, 0.2) is 0 Å². The zero-order chi connectivity index (χ0) is 15.3. The fourth-order valence-corrected chi connectivity index (χ4v) is 2.52. The number of amides is 1. The first-order chi connectivity index (χ1) is 10.0. The fourth-order valence-electron chi connectivity index (χ4n) is 2.52. The number of hydrogen-bond acceptors (Lipinski definition) is 2. The second-order valence-corrected chi connectivity index (χ2v) is 6.17. The van der Waals surface area contributed by atoms with Crippen molar-refractivity contribution in [1.82, 2.24) is 5.32 Å². The van der Waals surface area contributed by atoms with Gasteiger partial charge in [-0.25, -0.2) is 0 Å². The van der Waals surface area contributed by atoms with Gasteiger partial charge in [0.05, 0.1) is 12.2 Å². The molecule has 2 N–H and O–H groups in total. The van der Waals surface area contributed by atoms with Crippen molar-refractivity contribution in [3.8, 4) is 11.8 Å². The zero-order valence-electron chi connectivity index (χ0n) is 12.8. The highest BCUT2D eigenvalue weighted by Gasteiger charge is 2.32. The van der Waals surface area contributed by atoms with Crippen molar-refractivity contribution in [1.29, 1.82) is 0 Å². The van der Waals surface area contributed by atoms with Crippen LogP contribution < -0.4 is 5.32 Å². The van der Waals surface area contributed by atoms with Crippen LogP contribution in [-0.4, -0.2) is 24.2 Å². The Balaban J connectivity index is 2.10. The molecule has 0 heterocycles. The smallest absolute Gasteiger partial charge is 0.252 e. The molecule has 3 heteroatoms. The van der Waals surface area contributed by atoms with Gasteiger partial charge in [-0.05, 0) is 42.9 Å². The van der Waals surface area contributed by atoms with Crippen LogP contribution in [0, 0.1) is 24.2 Å². The van der Waals surface area contributed by atoms with Crippen molar-refractivity contribution in [2.75, 3.05) is 13.2 Å².